The van der Waals surface area contributed by atoms with Crippen LogP contribution in [0.5, 0.6) is 0 Å². The van der Waals surface area contributed by atoms with Gasteiger partial charge in [0, 0.05) is 16.0 Å². The molecule has 0 fully saturated rings. The van der Waals surface area contributed by atoms with Crippen LogP contribution in [0.3, 0.4) is 0 Å². The molecule has 2 aromatic rings. The molecule has 0 radical (unpaired) electrons. The molecule has 2 aromatic carbocycles. The second-order valence-electron chi connectivity index (χ2n) is 3.73. The molecule has 0 bridgehead atoms. The van der Waals surface area contributed by atoms with E-state index in [1.807, 2.05) is 30.3 Å². The van der Waals surface area contributed by atoms with Crippen LogP contribution in [0.1, 0.15) is 5.56 Å². The van der Waals surface area contributed by atoms with Gasteiger partial charge in [0.15, 0.2) is 0 Å². The number of rotatable bonds is 3. The third-order valence-electron chi connectivity index (χ3n) is 2.40. The minimum Gasteiger partial charge on any atom is -0.380 e. The Morgan fingerprint density at radius 2 is 1.72 bits per heavy atom. The molecule has 5 heteroatoms. The van der Waals surface area contributed by atoms with Gasteiger partial charge in [-0.25, -0.2) is 0 Å². The van der Waals surface area contributed by atoms with Gasteiger partial charge in [0.05, 0.1) is 15.7 Å². The van der Waals surface area contributed by atoms with Crippen LogP contribution < -0.4 is 5.32 Å². The monoisotopic (exact) mass is 363 g/mol. The van der Waals surface area contributed by atoms with Crippen LogP contribution in [0, 0.1) is 0 Å². The highest BCUT2D eigenvalue weighted by molar-refractivity contribution is 9.10. The van der Waals surface area contributed by atoms with Gasteiger partial charge in [-0.1, -0.05) is 40.9 Å². The molecule has 0 aliphatic rings. The summed E-state index contributed by atoms with van der Waals surface area (Å²) in [5.74, 6) is 0. The van der Waals surface area contributed by atoms with Gasteiger partial charge in [0.25, 0.3) is 0 Å². The summed E-state index contributed by atoms with van der Waals surface area (Å²) in [6.07, 6.45) is 0. The lowest BCUT2D eigenvalue weighted by atomic mass is 10.2. The molecule has 0 aliphatic carbocycles. The Kier molecular flexibility index (Phi) is 4.79. The van der Waals surface area contributed by atoms with Gasteiger partial charge >= 0.3 is 0 Å². The van der Waals surface area contributed by atoms with E-state index in [-0.39, 0.29) is 0 Å². The van der Waals surface area contributed by atoms with E-state index in [0.29, 0.717) is 21.6 Å². The van der Waals surface area contributed by atoms with Crippen LogP contribution in [-0.4, -0.2) is 0 Å². The molecular formula is C13H9BrCl3N. The molecule has 0 amide bonds. The summed E-state index contributed by atoms with van der Waals surface area (Å²) in [5, 5.41) is 5.09. The topological polar surface area (TPSA) is 12.0 Å². The summed E-state index contributed by atoms with van der Waals surface area (Å²) in [7, 11) is 0. The normalized spacial score (nSPS) is 10.4. The molecule has 0 saturated heterocycles. The molecule has 0 aromatic heterocycles. The predicted octanol–water partition coefficient (Wildman–Crippen LogP) is 6.02. The van der Waals surface area contributed by atoms with Gasteiger partial charge in [-0.2, -0.15) is 0 Å². The Hall–Kier alpha value is -0.410. The lowest BCUT2D eigenvalue weighted by Crippen LogP contribution is -2.00. The Bertz CT molecular complexity index is 572. The van der Waals surface area contributed by atoms with Crippen molar-refractivity contribution in [1.82, 2.24) is 0 Å². The summed E-state index contributed by atoms with van der Waals surface area (Å²) >= 11 is 21.2. The highest BCUT2D eigenvalue weighted by atomic mass is 79.9. The zero-order valence-corrected chi connectivity index (χ0v) is 13.0. The molecular weight excluding hydrogens is 356 g/mol. The summed E-state index contributed by atoms with van der Waals surface area (Å²) in [4.78, 5) is 0. The fourth-order valence-electron chi connectivity index (χ4n) is 1.48. The molecule has 2 rings (SSSR count). The van der Waals surface area contributed by atoms with Gasteiger partial charge in [-0.05, 0) is 51.8 Å². The van der Waals surface area contributed by atoms with Crippen LogP contribution in [0.25, 0.3) is 0 Å². The number of benzene rings is 2. The van der Waals surface area contributed by atoms with Gasteiger partial charge in [-0.3, -0.25) is 0 Å². The Morgan fingerprint density at radius 1 is 0.944 bits per heavy atom. The maximum Gasteiger partial charge on any atom is 0.0595 e. The molecule has 0 spiro atoms. The zero-order chi connectivity index (χ0) is 13.1. The average molecular weight is 365 g/mol. The first-order chi connectivity index (χ1) is 8.56. The van der Waals surface area contributed by atoms with Crippen molar-refractivity contribution in [3.63, 3.8) is 0 Å². The maximum absolute atomic E-state index is 5.96. The van der Waals surface area contributed by atoms with Crippen molar-refractivity contribution in [2.75, 3.05) is 5.32 Å². The van der Waals surface area contributed by atoms with E-state index in [9.17, 15) is 0 Å². The summed E-state index contributed by atoms with van der Waals surface area (Å²) < 4.78 is 0.965. The SMILES string of the molecule is Clc1ccc(Br)c(NCc2ccc(Cl)c(Cl)c2)c1. The first-order valence-corrected chi connectivity index (χ1v) is 7.12. The molecule has 1 nitrogen and oxygen atoms in total. The van der Waals surface area contributed by atoms with Crippen molar-refractivity contribution < 1.29 is 0 Å². The van der Waals surface area contributed by atoms with Crippen LogP contribution >= 0.6 is 50.7 Å². The number of anilines is 1. The summed E-state index contributed by atoms with van der Waals surface area (Å²) in [6, 6.07) is 11.2. The van der Waals surface area contributed by atoms with E-state index in [2.05, 4.69) is 21.2 Å². The molecule has 0 aliphatic heterocycles. The van der Waals surface area contributed by atoms with E-state index in [4.69, 9.17) is 34.8 Å². The first kappa shape index (κ1) is 14.0. The van der Waals surface area contributed by atoms with Crippen molar-refractivity contribution in [2.24, 2.45) is 0 Å². The quantitative estimate of drug-likeness (QED) is 0.701. The largest absolute Gasteiger partial charge is 0.380 e. The van der Waals surface area contributed by atoms with Crippen molar-refractivity contribution >= 4 is 56.4 Å². The van der Waals surface area contributed by atoms with E-state index in [0.717, 1.165) is 15.7 Å². The molecule has 18 heavy (non-hydrogen) atoms. The molecule has 0 heterocycles. The van der Waals surface area contributed by atoms with Crippen molar-refractivity contribution in [3.8, 4) is 0 Å². The smallest absolute Gasteiger partial charge is 0.0595 e. The highest BCUT2D eigenvalue weighted by Gasteiger charge is 2.02. The van der Waals surface area contributed by atoms with Gasteiger partial charge < -0.3 is 5.32 Å². The molecule has 0 unspecified atom stereocenters. The Morgan fingerprint density at radius 3 is 2.44 bits per heavy atom. The van der Waals surface area contributed by atoms with Gasteiger partial charge in [0.2, 0.25) is 0 Å². The second-order valence-corrected chi connectivity index (χ2v) is 5.83. The zero-order valence-electron chi connectivity index (χ0n) is 9.18. The lowest BCUT2D eigenvalue weighted by molar-refractivity contribution is 1.15. The number of hydrogen-bond donors (Lipinski definition) is 1. The van der Waals surface area contributed by atoms with Crippen LogP contribution in [-0.2, 0) is 6.54 Å². The standard InChI is InChI=1S/C13H9BrCl3N/c14-10-3-2-9(15)6-13(10)18-7-8-1-4-11(16)12(17)5-8/h1-6,18H,7H2. The van der Waals surface area contributed by atoms with E-state index in [1.165, 1.54) is 0 Å². The fraction of sp³-hybridized carbons (Fsp3) is 0.0769. The van der Waals surface area contributed by atoms with Crippen LogP contribution in [0.2, 0.25) is 15.1 Å². The molecule has 0 atom stereocenters. The minimum atomic E-state index is 0.557. The first-order valence-electron chi connectivity index (χ1n) is 5.19. The fourth-order valence-corrected chi connectivity index (χ4v) is 2.36. The third kappa shape index (κ3) is 3.55. The van der Waals surface area contributed by atoms with Crippen LogP contribution in [0.15, 0.2) is 40.9 Å². The maximum atomic E-state index is 5.96. The predicted molar refractivity (Wildman–Crippen MR) is 82.9 cm³/mol. The molecule has 0 saturated carbocycles. The Labute approximate surface area is 129 Å². The van der Waals surface area contributed by atoms with E-state index >= 15 is 0 Å². The van der Waals surface area contributed by atoms with Crippen molar-refractivity contribution in [3.05, 3.63) is 61.5 Å². The summed E-state index contributed by atoms with van der Waals surface area (Å²) in [6.45, 7) is 0.649. The van der Waals surface area contributed by atoms with E-state index < -0.39 is 0 Å². The van der Waals surface area contributed by atoms with Crippen molar-refractivity contribution in [1.29, 1.82) is 0 Å². The van der Waals surface area contributed by atoms with Gasteiger partial charge in [0.1, 0.15) is 0 Å². The Balaban J connectivity index is 2.11. The van der Waals surface area contributed by atoms with Crippen molar-refractivity contribution in [2.45, 2.75) is 6.54 Å². The number of hydrogen-bond acceptors (Lipinski definition) is 1. The third-order valence-corrected chi connectivity index (χ3v) is 4.06. The molecule has 1 N–H and O–H groups in total. The van der Waals surface area contributed by atoms with Gasteiger partial charge in [-0.15, -0.1) is 0 Å². The highest BCUT2D eigenvalue weighted by Crippen LogP contribution is 2.27. The average Bonchev–Trinajstić information content (AvgIpc) is 2.34. The number of nitrogens with one attached hydrogen (secondary N) is 1. The second kappa shape index (κ2) is 6.16. The van der Waals surface area contributed by atoms with E-state index in [1.54, 1.807) is 6.07 Å². The minimum absolute atomic E-state index is 0.557. The van der Waals surface area contributed by atoms with Crippen LogP contribution in [0.4, 0.5) is 5.69 Å². The summed E-state index contributed by atoms with van der Waals surface area (Å²) in [5.41, 5.74) is 1.99. The molecule has 94 valence electrons. The number of halogens is 4. The lowest BCUT2D eigenvalue weighted by Gasteiger charge is -2.09.